The van der Waals surface area contributed by atoms with E-state index in [9.17, 15) is 24.3 Å². The molecule has 3 aromatic heterocycles. The minimum absolute atomic E-state index is 0.231. The molecule has 6 heterocycles. The summed E-state index contributed by atoms with van der Waals surface area (Å²) in [6.45, 7) is 18.5. The van der Waals surface area contributed by atoms with Crippen molar-refractivity contribution in [3.63, 3.8) is 0 Å². The van der Waals surface area contributed by atoms with E-state index < -0.39 is 23.5 Å². The minimum Gasteiger partial charge on any atom is -0.384 e. The van der Waals surface area contributed by atoms with Gasteiger partial charge in [0, 0.05) is 62.6 Å². The molecule has 352 valence electrons. The summed E-state index contributed by atoms with van der Waals surface area (Å²) in [4.78, 5) is 72.1. The van der Waals surface area contributed by atoms with Crippen LogP contribution in [-0.4, -0.2) is 135 Å². The summed E-state index contributed by atoms with van der Waals surface area (Å²) >= 11 is 0. The van der Waals surface area contributed by atoms with Gasteiger partial charge in [0.15, 0.2) is 11.5 Å². The number of piperazine rings is 1. The highest BCUT2D eigenvalue weighted by Gasteiger charge is 2.44. The van der Waals surface area contributed by atoms with Gasteiger partial charge in [-0.1, -0.05) is 30.9 Å². The first kappa shape index (κ1) is 46.9. The summed E-state index contributed by atoms with van der Waals surface area (Å²) in [6.07, 6.45) is 5.27. The highest BCUT2D eigenvalue weighted by Crippen LogP contribution is 2.31. The van der Waals surface area contributed by atoms with Gasteiger partial charge in [-0.15, -0.1) is 6.58 Å². The molecule has 0 bridgehead atoms. The van der Waals surface area contributed by atoms with Crippen LogP contribution in [0.3, 0.4) is 0 Å². The minimum atomic E-state index is -1.18. The smallest absolute Gasteiger partial charge is 0.278 e. The highest BCUT2D eigenvalue weighted by atomic mass is 16.5. The molecule has 2 aromatic carbocycles. The first-order valence-corrected chi connectivity index (χ1v) is 22.8. The van der Waals surface area contributed by atoms with E-state index in [1.165, 1.54) is 10.9 Å². The lowest BCUT2D eigenvalue weighted by Gasteiger charge is -2.36. The standard InChI is InChI=1S/C49H58N10O8/c1-5-20-57-45(61)38-32-50-48(54-43(38)59(57)41-13-7-12-40(53-41)49(3,4)64)52-35-15-17-36(18-16-35)56-23-21-55(22-24-56)25-27-66-29-31-67-30-28-65-26-8-10-34-9-6-11-37-42(34)47(63)58(46(37)62)39-19-14-33(2)51-44(39)60/h5-7,9,11-13,15-18,32,39,64H,1-2,8,10,14,19-31H2,3-4H3,(H,51,60)(H,50,52,54). The van der Waals surface area contributed by atoms with Gasteiger partial charge >= 0.3 is 0 Å². The Balaban J connectivity index is 0.707. The Kier molecular flexibility index (Phi) is 14.7. The average molecular weight is 915 g/mol. The number of aryl methyl sites for hydroxylation is 1. The molecule has 2 fully saturated rings. The summed E-state index contributed by atoms with van der Waals surface area (Å²) < 4.78 is 20.4. The Bertz CT molecular complexity index is 2680. The number of pyridine rings is 1. The molecule has 3 N–H and O–H groups in total. The number of hydrogen-bond donors (Lipinski definition) is 3. The molecule has 18 nitrogen and oxygen atoms in total. The maximum Gasteiger partial charge on any atom is 0.278 e. The largest absolute Gasteiger partial charge is 0.384 e. The number of nitrogens with one attached hydrogen (secondary N) is 2. The molecule has 67 heavy (non-hydrogen) atoms. The summed E-state index contributed by atoms with van der Waals surface area (Å²) in [5.74, 6) is -0.457. The van der Waals surface area contributed by atoms with Gasteiger partial charge in [0.2, 0.25) is 11.9 Å². The monoisotopic (exact) mass is 914 g/mol. The predicted molar refractivity (Wildman–Crippen MR) is 253 cm³/mol. The number of rotatable bonds is 21. The molecule has 18 heteroatoms. The molecule has 5 aromatic rings. The normalized spacial score (nSPS) is 16.8. The number of amides is 3. The fourth-order valence-electron chi connectivity index (χ4n) is 8.58. The van der Waals surface area contributed by atoms with Gasteiger partial charge < -0.3 is 34.9 Å². The van der Waals surface area contributed by atoms with Crippen molar-refractivity contribution in [2.24, 2.45) is 0 Å². The van der Waals surface area contributed by atoms with Crippen LogP contribution in [0.2, 0.25) is 0 Å². The molecular weight excluding hydrogens is 857 g/mol. The molecule has 1 atom stereocenters. The third-order valence-electron chi connectivity index (χ3n) is 12.1. The molecule has 2 saturated heterocycles. The molecule has 8 rings (SSSR count). The lowest BCUT2D eigenvalue weighted by Crippen LogP contribution is -2.51. The van der Waals surface area contributed by atoms with E-state index in [4.69, 9.17) is 19.2 Å². The predicted octanol–water partition coefficient (Wildman–Crippen LogP) is 4.33. The van der Waals surface area contributed by atoms with Gasteiger partial charge in [-0.2, -0.15) is 4.98 Å². The van der Waals surface area contributed by atoms with Crippen LogP contribution in [0.15, 0.2) is 96.6 Å². The van der Waals surface area contributed by atoms with Crippen molar-refractivity contribution in [2.75, 3.05) is 82.6 Å². The van der Waals surface area contributed by atoms with E-state index in [2.05, 4.69) is 55.7 Å². The van der Waals surface area contributed by atoms with Gasteiger partial charge in [-0.3, -0.25) is 29.0 Å². The van der Waals surface area contributed by atoms with E-state index in [1.54, 1.807) is 54.9 Å². The molecular formula is C49H58N10O8. The maximum absolute atomic E-state index is 13.4. The number of aromatic nitrogens is 5. The van der Waals surface area contributed by atoms with Gasteiger partial charge in [-0.25, -0.2) is 19.3 Å². The molecule has 0 spiro atoms. The Morgan fingerprint density at radius 2 is 1.60 bits per heavy atom. The van der Waals surface area contributed by atoms with Crippen LogP contribution in [0.4, 0.5) is 17.3 Å². The van der Waals surface area contributed by atoms with Crippen molar-refractivity contribution in [3.8, 4) is 5.82 Å². The van der Waals surface area contributed by atoms with E-state index >= 15 is 0 Å². The van der Waals surface area contributed by atoms with E-state index in [-0.39, 0.29) is 18.0 Å². The van der Waals surface area contributed by atoms with Crippen LogP contribution >= 0.6 is 0 Å². The molecule has 0 aliphatic carbocycles. The molecule has 3 aliphatic heterocycles. The molecule has 0 radical (unpaired) electrons. The SMILES string of the molecule is C=CCn1c(=O)c2cnc(Nc3ccc(N4CCN(CCOCCOCCOCCCc5cccc6c5C(=O)N(C5CCC(=C)NC5=O)C6=O)CC4)cc3)nc2n1-c1cccc(C(C)(C)O)n1. The summed E-state index contributed by atoms with van der Waals surface area (Å²) in [6, 6.07) is 17.9. The third kappa shape index (κ3) is 10.7. The Morgan fingerprint density at radius 3 is 2.31 bits per heavy atom. The fourth-order valence-corrected chi connectivity index (χ4v) is 8.58. The molecule has 0 saturated carbocycles. The van der Waals surface area contributed by atoms with Crippen LogP contribution in [0, 0.1) is 0 Å². The van der Waals surface area contributed by atoms with Crippen LogP contribution in [0.1, 0.15) is 65.1 Å². The molecule has 3 amide bonds. The number of nitrogens with zero attached hydrogens (tertiary/aromatic N) is 8. The van der Waals surface area contributed by atoms with Crippen LogP contribution in [0.25, 0.3) is 16.9 Å². The van der Waals surface area contributed by atoms with Gasteiger partial charge in [-0.05, 0) is 87.6 Å². The van der Waals surface area contributed by atoms with Gasteiger partial charge in [0.25, 0.3) is 17.4 Å². The zero-order valence-electron chi connectivity index (χ0n) is 38.1. The zero-order valence-corrected chi connectivity index (χ0v) is 38.1. The lowest BCUT2D eigenvalue weighted by atomic mass is 9.99. The zero-order chi connectivity index (χ0) is 47.1. The maximum atomic E-state index is 13.4. The van der Waals surface area contributed by atoms with Crippen molar-refractivity contribution in [3.05, 3.63) is 125 Å². The van der Waals surface area contributed by atoms with Crippen molar-refractivity contribution in [1.29, 1.82) is 0 Å². The van der Waals surface area contributed by atoms with E-state index in [0.717, 1.165) is 54.6 Å². The van der Waals surface area contributed by atoms with Crippen molar-refractivity contribution in [1.82, 2.24) is 39.4 Å². The van der Waals surface area contributed by atoms with Crippen LogP contribution < -0.4 is 21.1 Å². The topological polar surface area (TPSA) is 199 Å². The number of fused-ring (bicyclic) bond motifs is 2. The van der Waals surface area contributed by atoms with Gasteiger partial charge in [0.1, 0.15) is 17.0 Å². The summed E-state index contributed by atoms with van der Waals surface area (Å²) in [7, 11) is 0. The molecule has 1 unspecified atom stereocenters. The summed E-state index contributed by atoms with van der Waals surface area (Å²) in [5, 5.41) is 16.9. The fraction of sp³-hybridized carbons (Fsp3) is 0.408. The van der Waals surface area contributed by atoms with Crippen LogP contribution in [-0.2, 0) is 37.6 Å². The second kappa shape index (κ2) is 20.9. The number of carbonyl (C=O) groups is 3. The Labute approximate surface area is 388 Å². The van der Waals surface area contributed by atoms with Crippen LogP contribution in [0.5, 0.6) is 0 Å². The Morgan fingerprint density at radius 1 is 0.881 bits per heavy atom. The lowest BCUT2D eigenvalue weighted by molar-refractivity contribution is -0.125. The number of aliphatic hydroxyl groups is 1. The number of allylic oxidation sites excluding steroid dienone is 2. The number of anilines is 3. The molecule has 3 aliphatic rings. The highest BCUT2D eigenvalue weighted by molar-refractivity contribution is 6.23. The first-order valence-electron chi connectivity index (χ1n) is 22.8. The number of hydrogen-bond acceptors (Lipinski definition) is 14. The third-order valence-corrected chi connectivity index (χ3v) is 12.1. The number of carbonyl (C=O) groups excluding carboxylic acids is 3. The number of ether oxygens (including phenoxy) is 3. The first-order chi connectivity index (χ1) is 32.4. The Hall–Kier alpha value is -6.57. The van der Waals surface area contributed by atoms with Crippen molar-refractivity contribution in [2.45, 2.75) is 57.7 Å². The number of benzene rings is 2. The average Bonchev–Trinajstić information content (AvgIpc) is 3.74. The second-order valence-corrected chi connectivity index (χ2v) is 17.3. The van der Waals surface area contributed by atoms with Crippen molar-refractivity contribution >= 4 is 46.1 Å². The number of imide groups is 1. The van der Waals surface area contributed by atoms with Crippen molar-refractivity contribution < 1.29 is 33.7 Å². The van der Waals surface area contributed by atoms with Gasteiger partial charge in [0.05, 0.1) is 56.4 Å². The number of piperidine rings is 1. The quantitative estimate of drug-likeness (QED) is 0.0534. The second-order valence-electron chi connectivity index (χ2n) is 17.3. The van der Waals surface area contributed by atoms with E-state index in [1.807, 2.05) is 18.2 Å². The van der Waals surface area contributed by atoms with E-state index in [0.29, 0.717) is 111 Å². The summed E-state index contributed by atoms with van der Waals surface area (Å²) in [5.41, 5.74) is 3.41.